The SMILES string of the molecule is N#Cc1ccc(-c2cccc(N(c3ccc(-c4cccc5cccc(-c6ccccc6)c45)cc3)c3cccc4c3oc3ccc5ccccc5c34)c2)cc1. The molecule has 0 aliphatic rings. The summed E-state index contributed by atoms with van der Waals surface area (Å²) in [7, 11) is 0. The number of hydrogen-bond donors (Lipinski definition) is 0. The molecule has 0 aliphatic heterocycles. The molecule has 54 heavy (non-hydrogen) atoms. The van der Waals surface area contributed by atoms with Crippen molar-refractivity contribution < 1.29 is 4.42 Å². The average Bonchev–Trinajstić information content (AvgIpc) is 3.64. The van der Waals surface area contributed by atoms with Crippen LogP contribution in [-0.2, 0) is 0 Å². The van der Waals surface area contributed by atoms with Crippen molar-refractivity contribution >= 4 is 60.5 Å². The summed E-state index contributed by atoms with van der Waals surface area (Å²) in [6, 6.07) is 70.3. The van der Waals surface area contributed by atoms with Crippen molar-refractivity contribution in [2.75, 3.05) is 4.90 Å². The van der Waals surface area contributed by atoms with Crippen LogP contribution in [0.15, 0.2) is 199 Å². The summed E-state index contributed by atoms with van der Waals surface area (Å²) in [5.41, 5.74) is 12.2. The van der Waals surface area contributed by atoms with Gasteiger partial charge in [0.25, 0.3) is 0 Å². The van der Waals surface area contributed by atoms with E-state index in [-0.39, 0.29) is 0 Å². The number of anilines is 3. The molecule has 1 aromatic heterocycles. The number of furan rings is 1. The number of benzene rings is 9. The summed E-state index contributed by atoms with van der Waals surface area (Å²) in [6.07, 6.45) is 0. The van der Waals surface area contributed by atoms with Gasteiger partial charge in [0.05, 0.1) is 17.3 Å². The first-order valence-electron chi connectivity index (χ1n) is 18.1. The van der Waals surface area contributed by atoms with Crippen LogP contribution in [0.2, 0.25) is 0 Å². The highest BCUT2D eigenvalue weighted by molar-refractivity contribution is 6.21. The lowest BCUT2D eigenvalue weighted by Crippen LogP contribution is -2.10. The highest BCUT2D eigenvalue weighted by atomic mass is 16.3. The second-order valence-corrected chi connectivity index (χ2v) is 13.6. The lowest BCUT2D eigenvalue weighted by molar-refractivity contribution is 0.669. The fraction of sp³-hybridized carbons (Fsp3) is 0. The second kappa shape index (κ2) is 13.0. The molecule has 252 valence electrons. The minimum Gasteiger partial charge on any atom is -0.454 e. The molecular formula is C51H32N2O. The molecule has 0 amide bonds. The van der Waals surface area contributed by atoms with Gasteiger partial charge in [0, 0.05) is 22.1 Å². The number of nitriles is 1. The van der Waals surface area contributed by atoms with Crippen LogP contribution in [0.1, 0.15) is 5.56 Å². The summed E-state index contributed by atoms with van der Waals surface area (Å²) in [5, 5.41) is 16.4. The van der Waals surface area contributed by atoms with Gasteiger partial charge in [-0.15, -0.1) is 0 Å². The maximum Gasteiger partial charge on any atom is 0.159 e. The number of nitrogens with zero attached hydrogens (tertiary/aromatic N) is 2. The zero-order chi connectivity index (χ0) is 36.0. The molecule has 10 aromatic rings. The van der Waals surface area contributed by atoms with Gasteiger partial charge in [-0.05, 0) is 103 Å². The topological polar surface area (TPSA) is 40.2 Å². The van der Waals surface area contributed by atoms with Crippen molar-refractivity contribution in [3.05, 3.63) is 200 Å². The third kappa shape index (κ3) is 5.29. The maximum atomic E-state index is 9.41. The van der Waals surface area contributed by atoms with Gasteiger partial charge in [0.1, 0.15) is 5.58 Å². The predicted octanol–water partition coefficient (Wildman–Crippen LogP) is 14.2. The molecule has 0 bridgehead atoms. The molecule has 9 aromatic carbocycles. The molecule has 0 saturated heterocycles. The molecule has 0 aliphatic carbocycles. The third-order valence-electron chi connectivity index (χ3n) is 10.5. The molecule has 0 saturated carbocycles. The van der Waals surface area contributed by atoms with Gasteiger partial charge in [-0.2, -0.15) is 5.26 Å². The minimum atomic E-state index is 0.641. The average molecular weight is 689 g/mol. The normalized spacial score (nSPS) is 11.3. The van der Waals surface area contributed by atoms with E-state index in [2.05, 4.69) is 181 Å². The number of hydrogen-bond acceptors (Lipinski definition) is 3. The minimum absolute atomic E-state index is 0.641. The van der Waals surface area contributed by atoms with Gasteiger partial charge in [0.15, 0.2) is 5.58 Å². The van der Waals surface area contributed by atoms with E-state index in [9.17, 15) is 5.26 Å². The van der Waals surface area contributed by atoms with Crippen LogP contribution >= 0.6 is 0 Å². The molecule has 0 unspecified atom stereocenters. The van der Waals surface area contributed by atoms with Crippen molar-refractivity contribution in [3.8, 4) is 39.4 Å². The van der Waals surface area contributed by atoms with E-state index in [1.807, 2.05) is 24.3 Å². The largest absolute Gasteiger partial charge is 0.454 e. The van der Waals surface area contributed by atoms with Gasteiger partial charge in [-0.1, -0.05) is 146 Å². The predicted molar refractivity (Wildman–Crippen MR) is 224 cm³/mol. The zero-order valence-electron chi connectivity index (χ0n) is 29.3. The fourth-order valence-corrected chi connectivity index (χ4v) is 7.95. The Morgan fingerprint density at radius 1 is 0.426 bits per heavy atom. The molecule has 3 heteroatoms. The van der Waals surface area contributed by atoms with E-state index in [0.717, 1.165) is 55.7 Å². The first-order valence-corrected chi connectivity index (χ1v) is 18.1. The molecule has 10 rings (SSSR count). The van der Waals surface area contributed by atoms with E-state index in [1.54, 1.807) is 0 Å². The summed E-state index contributed by atoms with van der Waals surface area (Å²) in [4.78, 5) is 2.29. The Bertz CT molecular complexity index is 3040. The van der Waals surface area contributed by atoms with E-state index in [0.29, 0.717) is 5.56 Å². The van der Waals surface area contributed by atoms with Crippen molar-refractivity contribution in [1.29, 1.82) is 5.26 Å². The first-order chi connectivity index (χ1) is 26.7. The van der Waals surface area contributed by atoms with Gasteiger partial charge < -0.3 is 9.32 Å². The van der Waals surface area contributed by atoms with Gasteiger partial charge >= 0.3 is 0 Å². The lowest BCUT2D eigenvalue weighted by Gasteiger charge is -2.26. The van der Waals surface area contributed by atoms with Crippen LogP contribution in [0.5, 0.6) is 0 Å². The fourth-order valence-electron chi connectivity index (χ4n) is 7.95. The van der Waals surface area contributed by atoms with Gasteiger partial charge in [0.2, 0.25) is 0 Å². The highest BCUT2D eigenvalue weighted by Gasteiger charge is 2.21. The number of rotatable bonds is 6. The van der Waals surface area contributed by atoms with Crippen LogP contribution in [-0.4, -0.2) is 0 Å². The molecule has 0 N–H and O–H groups in total. The first kappa shape index (κ1) is 31.3. The molecule has 3 nitrogen and oxygen atoms in total. The van der Waals surface area contributed by atoms with E-state index >= 15 is 0 Å². The summed E-state index contributed by atoms with van der Waals surface area (Å²) < 4.78 is 6.78. The van der Waals surface area contributed by atoms with Crippen molar-refractivity contribution in [3.63, 3.8) is 0 Å². The van der Waals surface area contributed by atoms with E-state index in [4.69, 9.17) is 4.42 Å². The second-order valence-electron chi connectivity index (χ2n) is 13.6. The van der Waals surface area contributed by atoms with E-state index < -0.39 is 0 Å². The molecule has 1 heterocycles. The maximum absolute atomic E-state index is 9.41. The summed E-state index contributed by atoms with van der Waals surface area (Å²) in [5.74, 6) is 0. The number of para-hydroxylation sites is 1. The van der Waals surface area contributed by atoms with Crippen LogP contribution in [0.3, 0.4) is 0 Å². The molecule has 0 atom stereocenters. The standard InChI is InChI=1S/C51H32N2O/c52-33-34-22-24-35(25-23-34)40-15-6-16-42(32-40)53(47-21-9-20-46-50-45-17-5-4-12-37(45)28-31-48(50)54-51(46)47)41-29-26-38(27-30-41)44-19-8-14-39-13-7-18-43(49(39)44)36-10-2-1-3-11-36/h1-32H. The smallest absolute Gasteiger partial charge is 0.159 e. The Labute approximate surface area is 313 Å². The molecule has 0 fully saturated rings. The van der Waals surface area contributed by atoms with Crippen LogP contribution in [0.4, 0.5) is 17.1 Å². The van der Waals surface area contributed by atoms with Crippen molar-refractivity contribution in [1.82, 2.24) is 0 Å². The Balaban J connectivity index is 1.16. The highest BCUT2D eigenvalue weighted by Crippen LogP contribution is 2.45. The molecule has 0 radical (unpaired) electrons. The van der Waals surface area contributed by atoms with Crippen molar-refractivity contribution in [2.24, 2.45) is 0 Å². The summed E-state index contributed by atoms with van der Waals surface area (Å²) >= 11 is 0. The quantitative estimate of drug-likeness (QED) is 0.175. The molecular weight excluding hydrogens is 657 g/mol. The monoisotopic (exact) mass is 688 g/mol. The van der Waals surface area contributed by atoms with Crippen molar-refractivity contribution in [2.45, 2.75) is 0 Å². The van der Waals surface area contributed by atoms with E-state index in [1.165, 1.54) is 38.2 Å². The lowest BCUT2D eigenvalue weighted by atomic mass is 9.91. The zero-order valence-corrected chi connectivity index (χ0v) is 29.3. The molecule has 0 spiro atoms. The van der Waals surface area contributed by atoms with Crippen LogP contribution < -0.4 is 4.90 Å². The summed E-state index contributed by atoms with van der Waals surface area (Å²) in [6.45, 7) is 0. The van der Waals surface area contributed by atoms with Gasteiger partial charge in [-0.3, -0.25) is 0 Å². The Morgan fingerprint density at radius 3 is 1.83 bits per heavy atom. The Kier molecular flexibility index (Phi) is 7.53. The van der Waals surface area contributed by atoms with Crippen LogP contribution in [0, 0.1) is 11.3 Å². The van der Waals surface area contributed by atoms with Crippen LogP contribution in [0.25, 0.3) is 76.9 Å². The third-order valence-corrected chi connectivity index (χ3v) is 10.5. The Hall–Kier alpha value is -7.41. The van der Waals surface area contributed by atoms with Gasteiger partial charge in [-0.25, -0.2) is 0 Å². The number of fused-ring (bicyclic) bond motifs is 6. The Morgan fingerprint density at radius 2 is 1.06 bits per heavy atom.